The van der Waals surface area contributed by atoms with Crippen molar-refractivity contribution in [1.29, 1.82) is 0 Å². The van der Waals surface area contributed by atoms with Crippen molar-refractivity contribution in [3.8, 4) is 0 Å². The summed E-state index contributed by atoms with van der Waals surface area (Å²) in [5.74, 6) is -0.825. The summed E-state index contributed by atoms with van der Waals surface area (Å²) in [6.45, 7) is 6.99. The Morgan fingerprint density at radius 1 is 1.03 bits per heavy atom. The van der Waals surface area contributed by atoms with Crippen LogP contribution in [0.15, 0.2) is 65.7 Å². The first-order chi connectivity index (χ1) is 14.0. The van der Waals surface area contributed by atoms with Crippen molar-refractivity contribution >= 4 is 11.7 Å². The van der Waals surface area contributed by atoms with E-state index in [1.165, 1.54) is 0 Å². The molecule has 0 aromatic heterocycles. The predicted molar refractivity (Wildman–Crippen MR) is 113 cm³/mol. The molecule has 0 aliphatic carbocycles. The fourth-order valence-electron chi connectivity index (χ4n) is 3.28. The van der Waals surface area contributed by atoms with Gasteiger partial charge in [0.15, 0.2) is 5.79 Å². The number of nitrogens with zero attached hydrogens (tertiary/aromatic N) is 1. The van der Waals surface area contributed by atoms with Crippen molar-refractivity contribution in [1.82, 2.24) is 0 Å². The molecule has 1 aliphatic rings. The molecule has 5 nitrogen and oxygen atoms in total. The summed E-state index contributed by atoms with van der Waals surface area (Å²) in [5.41, 5.74) is 2.71. The normalized spacial score (nSPS) is 17.3. The van der Waals surface area contributed by atoms with Crippen molar-refractivity contribution in [2.45, 2.75) is 39.0 Å². The molecule has 29 heavy (non-hydrogen) atoms. The number of esters is 1. The molecule has 1 saturated heterocycles. The zero-order valence-corrected chi connectivity index (χ0v) is 17.3. The van der Waals surface area contributed by atoms with Crippen LogP contribution in [0.1, 0.15) is 38.3 Å². The Morgan fingerprint density at radius 3 is 2.03 bits per heavy atom. The summed E-state index contributed by atoms with van der Waals surface area (Å²) in [4.78, 5) is 17.6. The zero-order chi connectivity index (χ0) is 20.7. The number of carbonyl (C=O) groups excluding carboxylic acids is 1. The van der Waals surface area contributed by atoms with Crippen LogP contribution >= 0.6 is 0 Å². The lowest BCUT2D eigenvalue weighted by Gasteiger charge is -2.35. The Bertz CT molecular complexity index is 766. The van der Waals surface area contributed by atoms with Gasteiger partial charge in [0, 0.05) is 17.0 Å². The molecule has 0 saturated carbocycles. The van der Waals surface area contributed by atoms with E-state index in [0.29, 0.717) is 26.2 Å². The monoisotopic (exact) mass is 395 g/mol. The van der Waals surface area contributed by atoms with Crippen LogP contribution in [0.4, 0.5) is 0 Å². The van der Waals surface area contributed by atoms with Gasteiger partial charge in [0.25, 0.3) is 0 Å². The van der Waals surface area contributed by atoms with Gasteiger partial charge in [-0.25, -0.2) is 4.79 Å². The molecule has 1 heterocycles. The maximum atomic E-state index is 12.7. The highest BCUT2D eigenvalue weighted by Gasteiger charge is 2.32. The summed E-state index contributed by atoms with van der Waals surface area (Å²) in [5, 5.41) is 0. The summed E-state index contributed by atoms with van der Waals surface area (Å²) >= 11 is 0. The van der Waals surface area contributed by atoms with Crippen LogP contribution in [0, 0.1) is 5.92 Å². The van der Waals surface area contributed by atoms with E-state index in [2.05, 4.69) is 0 Å². The van der Waals surface area contributed by atoms with Gasteiger partial charge in [0.05, 0.1) is 25.5 Å². The lowest BCUT2D eigenvalue weighted by molar-refractivity contribution is -0.263. The molecule has 0 N–H and O–H groups in total. The van der Waals surface area contributed by atoms with Crippen molar-refractivity contribution in [3.63, 3.8) is 0 Å². The number of hydrogen-bond donors (Lipinski definition) is 0. The number of carbonyl (C=O) groups is 1. The Kier molecular flexibility index (Phi) is 7.18. The maximum absolute atomic E-state index is 12.7. The highest BCUT2D eigenvalue weighted by molar-refractivity contribution is 6.13. The van der Waals surface area contributed by atoms with Gasteiger partial charge >= 0.3 is 5.97 Å². The van der Waals surface area contributed by atoms with Crippen LogP contribution in [0.5, 0.6) is 0 Å². The lowest BCUT2D eigenvalue weighted by Crippen LogP contribution is -2.41. The fourth-order valence-corrected chi connectivity index (χ4v) is 3.28. The van der Waals surface area contributed by atoms with Crippen molar-refractivity contribution in [2.75, 3.05) is 19.8 Å². The van der Waals surface area contributed by atoms with Gasteiger partial charge < -0.3 is 14.2 Å². The highest BCUT2D eigenvalue weighted by atomic mass is 16.7. The SMILES string of the molecule is CCOC(=O)C(CC1COC(C)(C)OC1)N=C(c1ccccc1)c1ccccc1. The molecule has 3 rings (SSSR count). The molecule has 0 radical (unpaired) electrons. The Hall–Kier alpha value is -2.50. The van der Waals surface area contributed by atoms with Crippen LogP contribution in [0.3, 0.4) is 0 Å². The van der Waals surface area contributed by atoms with Crippen molar-refractivity contribution < 1.29 is 19.0 Å². The molecule has 0 bridgehead atoms. The van der Waals surface area contributed by atoms with Gasteiger partial charge in [-0.15, -0.1) is 0 Å². The van der Waals surface area contributed by atoms with Gasteiger partial charge in [-0.1, -0.05) is 60.7 Å². The average Bonchev–Trinajstić information content (AvgIpc) is 2.73. The summed E-state index contributed by atoms with van der Waals surface area (Å²) in [6.07, 6.45) is 0.512. The molecule has 1 aliphatic heterocycles. The smallest absolute Gasteiger partial charge is 0.330 e. The first kappa shape index (κ1) is 21.2. The van der Waals surface area contributed by atoms with Gasteiger partial charge in [0.2, 0.25) is 0 Å². The number of ether oxygens (including phenoxy) is 3. The number of hydrogen-bond acceptors (Lipinski definition) is 5. The quantitative estimate of drug-likeness (QED) is 0.520. The maximum Gasteiger partial charge on any atom is 0.330 e. The third kappa shape index (κ3) is 5.99. The van der Waals surface area contributed by atoms with E-state index in [0.717, 1.165) is 16.8 Å². The molecule has 1 unspecified atom stereocenters. The molecular formula is C24H29NO4. The van der Waals surface area contributed by atoms with Crippen LogP contribution in [-0.2, 0) is 19.0 Å². The third-order valence-corrected chi connectivity index (χ3v) is 4.83. The van der Waals surface area contributed by atoms with Gasteiger partial charge in [-0.05, 0) is 27.2 Å². The van der Waals surface area contributed by atoms with E-state index in [1.54, 1.807) is 0 Å². The first-order valence-electron chi connectivity index (χ1n) is 10.1. The van der Waals surface area contributed by atoms with Gasteiger partial charge in [0.1, 0.15) is 6.04 Å². The second kappa shape index (κ2) is 9.81. The lowest BCUT2D eigenvalue weighted by atomic mass is 9.98. The van der Waals surface area contributed by atoms with E-state index in [9.17, 15) is 4.79 Å². The van der Waals surface area contributed by atoms with E-state index >= 15 is 0 Å². The molecule has 1 fully saturated rings. The summed E-state index contributed by atoms with van der Waals surface area (Å²) in [6, 6.07) is 19.2. The summed E-state index contributed by atoms with van der Waals surface area (Å²) < 4.78 is 16.9. The zero-order valence-electron chi connectivity index (χ0n) is 17.3. The molecule has 2 aromatic carbocycles. The number of rotatable bonds is 7. The second-order valence-corrected chi connectivity index (χ2v) is 7.60. The molecule has 1 atom stereocenters. The molecule has 0 amide bonds. The average molecular weight is 395 g/mol. The Morgan fingerprint density at radius 2 is 1.55 bits per heavy atom. The van der Waals surface area contributed by atoms with Gasteiger partial charge in [-0.3, -0.25) is 4.99 Å². The first-order valence-corrected chi connectivity index (χ1v) is 10.1. The predicted octanol–water partition coefficient (Wildman–Crippen LogP) is 4.24. The minimum absolute atomic E-state index is 0.0778. The van der Waals surface area contributed by atoms with E-state index < -0.39 is 11.8 Å². The van der Waals surface area contributed by atoms with Crippen LogP contribution < -0.4 is 0 Å². The Balaban J connectivity index is 1.91. The minimum atomic E-state index is -0.622. The second-order valence-electron chi connectivity index (χ2n) is 7.60. The number of benzene rings is 2. The Labute approximate surface area is 172 Å². The molecule has 2 aromatic rings. The van der Waals surface area contributed by atoms with Gasteiger partial charge in [-0.2, -0.15) is 0 Å². The van der Waals surface area contributed by atoms with Crippen molar-refractivity contribution in [3.05, 3.63) is 71.8 Å². The van der Waals surface area contributed by atoms with E-state index in [1.807, 2.05) is 81.4 Å². The van der Waals surface area contributed by atoms with Crippen LogP contribution in [-0.4, -0.2) is 43.3 Å². The van der Waals surface area contributed by atoms with E-state index in [4.69, 9.17) is 19.2 Å². The van der Waals surface area contributed by atoms with E-state index in [-0.39, 0.29) is 11.9 Å². The number of aliphatic imine (C=N–C) groups is 1. The van der Waals surface area contributed by atoms with Crippen LogP contribution in [0.25, 0.3) is 0 Å². The molecule has 5 heteroatoms. The fraction of sp³-hybridized carbons (Fsp3) is 0.417. The third-order valence-electron chi connectivity index (χ3n) is 4.83. The minimum Gasteiger partial charge on any atom is -0.464 e. The molecular weight excluding hydrogens is 366 g/mol. The molecule has 0 spiro atoms. The standard InChI is InChI=1S/C24H29NO4/c1-4-27-23(26)21(15-18-16-28-24(2,3)29-17-18)25-22(19-11-7-5-8-12-19)20-13-9-6-10-14-20/h5-14,18,21H,4,15-17H2,1-3H3. The highest BCUT2D eigenvalue weighted by Crippen LogP contribution is 2.25. The topological polar surface area (TPSA) is 57.1 Å². The van der Waals surface area contributed by atoms with Crippen LogP contribution in [0.2, 0.25) is 0 Å². The van der Waals surface area contributed by atoms with Crippen molar-refractivity contribution in [2.24, 2.45) is 10.9 Å². The summed E-state index contributed by atoms with van der Waals surface area (Å²) in [7, 11) is 0. The largest absolute Gasteiger partial charge is 0.464 e. The molecule has 154 valence electrons.